The molecule has 140 valence electrons. The Kier molecular flexibility index (Phi) is 6.03. The highest BCUT2D eigenvalue weighted by atomic mass is 32.1. The smallest absolute Gasteiger partial charge is 0.307 e. The van der Waals surface area contributed by atoms with Gasteiger partial charge < -0.3 is 14.0 Å². The molecule has 0 atom stereocenters. The van der Waals surface area contributed by atoms with E-state index in [0.717, 1.165) is 21.5 Å². The van der Waals surface area contributed by atoms with Crippen LogP contribution < -0.4 is 9.54 Å². The number of thiazole rings is 1. The number of carbonyl (C=O) groups is 2. The van der Waals surface area contributed by atoms with Gasteiger partial charge in [0.05, 0.1) is 37.3 Å². The van der Waals surface area contributed by atoms with E-state index >= 15 is 0 Å². The second kappa shape index (κ2) is 8.64. The third-order valence-electron chi connectivity index (χ3n) is 4.08. The van der Waals surface area contributed by atoms with Crippen molar-refractivity contribution in [2.24, 2.45) is 4.99 Å². The van der Waals surface area contributed by atoms with Crippen LogP contribution in [0.15, 0.2) is 53.5 Å². The van der Waals surface area contributed by atoms with Crippen molar-refractivity contribution in [3.63, 3.8) is 0 Å². The molecular weight excluding hydrogens is 364 g/mol. The molecule has 0 N–H and O–H groups in total. The Hall–Kier alpha value is -2.93. The highest BCUT2D eigenvalue weighted by Crippen LogP contribution is 2.23. The first-order valence-electron chi connectivity index (χ1n) is 8.46. The molecule has 0 fully saturated rings. The first-order valence-corrected chi connectivity index (χ1v) is 9.28. The molecule has 0 radical (unpaired) electrons. The molecule has 0 unspecified atom stereocenters. The van der Waals surface area contributed by atoms with Gasteiger partial charge in [-0.15, -0.1) is 0 Å². The zero-order valence-electron chi connectivity index (χ0n) is 15.2. The number of ether oxygens (including phenoxy) is 2. The Bertz CT molecular complexity index is 1020. The Morgan fingerprint density at radius 2 is 1.89 bits per heavy atom. The van der Waals surface area contributed by atoms with Crippen LogP contribution in [0.3, 0.4) is 0 Å². The van der Waals surface area contributed by atoms with E-state index in [1.807, 2.05) is 53.1 Å². The van der Waals surface area contributed by atoms with Gasteiger partial charge in [0, 0.05) is 6.54 Å². The van der Waals surface area contributed by atoms with E-state index in [1.54, 1.807) is 7.11 Å². The second-order valence-electron chi connectivity index (χ2n) is 5.86. The Morgan fingerprint density at radius 3 is 2.59 bits per heavy atom. The number of amides is 1. The van der Waals surface area contributed by atoms with Crippen molar-refractivity contribution in [1.82, 2.24) is 4.57 Å². The predicted octanol–water partition coefficient (Wildman–Crippen LogP) is 2.94. The summed E-state index contributed by atoms with van der Waals surface area (Å²) in [6.45, 7) is 0.385. The molecule has 0 aliphatic heterocycles. The van der Waals surface area contributed by atoms with Gasteiger partial charge in [-0.1, -0.05) is 41.7 Å². The fourth-order valence-corrected chi connectivity index (χ4v) is 3.81. The molecule has 0 aliphatic carbocycles. The Labute approximate surface area is 160 Å². The minimum Gasteiger partial charge on any atom is -0.497 e. The summed E-state index contributed by atoms with van der Waals surface area (Å²) in [6.07, 6.45) is 0.434. The number of rotatable bonds is 6. The van der Waals surface area contributed by atoms with Gasteiger partial charge in [-0.3, -0.25) is 9.59 Å². The minimum absolute atomic E-state index is 0.203. The molecule has 3 rings (SSSR count). The van der Waals surface area contributed by atoms with Crippen LogP contribution in [0.1, 0.15) is 12.0 Å². The van der Waals surface area contributed by atoms with Gasteiger partial charge in [-0.2, -0.15) is 4.99 Å². The largest absolute Gasteiger partial charge is 0.497 e. The SMILES string of the molecule is COC(=O)CCn1c(=NC(=O)Cc2ccccc2)sc2cc(OC)ccc21. The molecule has 6 nitrogen and oxygen atoms in total. The molecule has 27 heavy (non-hydrogen) atoms. The number of carbonyl (C=O) groups excluding carboxylic acids is 2. The van der Waals surface area contributed by atoms with Crippen molar-refractivity contribution in [3.8, 4) is 5.75 Å². The fraction of sp³-hybridized carbons (Fsp3) is 0.250. The number of hydrogen-bond donors (Lipinski definition) is 0. The van der Waals surface area contributed by atoms with E-state index in [0.29, 0.717) is 11.3 Å². The van der Waals surface area contributed by atoms with Crippen LogP contribution >= 0.6 is 11.3 Å². The van der Waals surface area contributed by atoms with Gasteiger partial charge in [-0.05, 0) is 23.8 Å². The molecule has 1 aromatic heterocycles. The molecule has 7 heteroatoms. The lowest BCUT2D eigenvalue weighted by molar-refractivity contribution is -0.140. The summed E-state index contributed by atoms with van der Waals surface area (Å²) in [5.41, 5.74) is 1.81. The lowest BCUT2D eigenvalue weighted by Crippen LogP contribution is -2.19. The summed E-state index contributed by atoms with van der Waals surface area (Å²) in [6, 6.07) is 15.1. The van der Waals surface area contributed by atoms with E-state index in [1.165, 1.54) is 18.4 Å². The Morgan fingerprint density at radius 1 is 1.11 bits per heavy atom. The third-order valence-corrected chi connectivity index (χ3v) is 5.12. The maximum atomic E-state index is 12.4. The first kappa shape index (κ1) is 18.8. The monoisotopic (exact) mass is 384 g/mol. The van der Waals surface area contributed by atoms with Gasteiger partial charge >= 0.3 is 5.97 Å². The summed E-state index contributed by atoms with van der Waals surface area (Å²) in [4.78, 5) is 28.9. The molecule has 2 aromatic carbocycles. The average Bonchev–Trinajstić information content (AvgIpc) is 3.02. The third kappa shape index (κ3) is 4.62. The van der Waals surface area contributed by atoms with Gasteiger partial charge in [0.25, 0.3) is 5.91 Å². The van der Waals surface area contributed by atoms with Crippen LogP contribution in [-0.4, -0.2) is 30.7 Å². The van der Waals surface area contributed by atoms with Crippen LogP contribution in [-0.2, 0) is 27.3 Å². The fourth-order valence-electron chi connectivity index (χ4n) is 2.70. The molecule has 0 saturated carbocycles. The molecule has 1 heterocycles. The minimum atomic E-state index is -0.308. The van der Waals surface area contributed by atoms with Gasteiger partial charge in [0.2, 0.25) is 0 Å². The molecule has 3 aromatic rings. The summed E-state index contributed by atoms with van der Waals surface area (Å²) >= 11 is 1.39. The van der Waals surface area contributed by atoms with Gasteiger partial charge in [-0.25, -0.2) is 0 Å². The molecule has 0 spiro atoms. The molecule has 0 bridgehead atoms. The lowest BCUT2D eigenvalue weighted by atomic mass is 10.1. The zero-order valence-corrected chi connectivity index (χ0v) is 16.0. The maximum absolute atomic E-state index is 12.4. The summed E-state index contributed by atoms with van der Waals surface area (Å²) in [5.74, 6) is 0.189. The lowest BCUT2D eigenvalue weighted by Gasteiger charge is -2.05. The maximum Gasteiger partial charge on any atom is 0.307 e. The van der Waals surface area contributed by atoms with Crippen LogP contribution in [0.4, 0.5) is 0 Å². The number of aromatic nitrogens is 1. The van der Waals surface area contributed by atoms with Gasteiger partial charge in [0.15, 0.2) is 4.80 Å². The topological polar surface area (TPSA) is 69.9 Å². The van der Waals surface area contributed by atoms with E-state index in [4.69, 9.17) is 9.47 Å². The van der Waals surface area contributed by atoms with Crippen molar-refractivity contribution in [2.75, 3.05) is 14.2 Å². The van der Waals surface area contributed by atoms with Gasteiger partial charge in [0.1, 0.15) is 5.75 Å². The second-order valence-corrected chi connectivity index (χ2v) is 6.87. The van der Waals surface area contributed by atoms with Crippen LogP contribution in [0.25, 0.3) is 10.2 Å². The number of benzene rings is 2. The van der Waals surface area contributed by atoms with E-state index in [-0.39, 0.29) is 24.7 Å². The highest BCUT2D eigenvalue weighted by Gasteiger charge is 2.11. The van der Waals surface area contributed by atoms with Crippen molar-refractivity contribution in [1.29, 1.82) is 0 Å². The normalized spacial score (nSPS) is 11.6. The number of nitrogens with zero attached hydrogens (tertiary/aromatic N) is 2. The predicted molar refractivity (Wildman–Crippen MR) is 104 cm³/mol. The average molecular weight is 384 g/mol. The zero-order chi connectivity index (χ0) is 19.2. The quantitative estimate of drug-likeness (QED) is 0.613. The van der Waals surface area contributed by atoms with Crippen LogP contribution in [0.2, 0.25) is 0 Å². The van der Waals surface area contributed by atoms with Crippen LogP contribution in [0, 0.1) is 0 Å². The molecule has 0 aliphatic rings. The molecular formula is C20H20N2O4S. The summed E-state index contributed by atoms with van der Waals surface area (Å²) < 4.78 is 12.8. The number of aryl methyl sites for hydroxylation is 1. The number of methoxy groups -OCH3 is 2. The summed E-state index contributed by atoms with van der Waals surface area (Å²) in [7, 11) is 2.97. The van der Waals surface area contributed by atoms with Crippen LogP contribution in [0.5, 0.6) is 5.75 Å². The highest BCUT2D eigenvalue weighted by molar-refractivity contribution is 7.16. The van der Waals surface area contributed by atoms with Crippen molar-refractivity contribution in [2.45, 2.75) is 19.4 Å². The van der Waals surface area contributed by atoms with Crippen molar-refractivity contribution >= 4 is 33.4 Å². The first-order chi connectivity index (χ1) is 13.1. The number of hydrogen-bond acceptors (Lipinski definition) is 5. The van der Waals surface area contributed by atoms with Crippen molar-refractivity contribution < 1.29 is 19.1 Å². The van der Waals surface area contributed by atoms with Crippen molar-refractivity contribution in [3.05, 3.63) is 58.9 Å². The molecule has 0 saturated heterocycles. The number of fused-ring (bicyclic) bond motifs is 1. The Balaban J connectivity index is 1.98. The van der Waals surface area contributed by atoms with E-state index < -0.39 is 0 Å². The standard InChI is InChI=1S/C20H20N2O4S/c1-25-15-8-9-16-17(13-15)27-20(22(16)11-10-19(24)26-2)21-18(23)12-14-6-4-3-5-7-14/h3-9,13H,10-12H2,1-2H3. The summed E-state index contributed by atoms with van der Waals surface area (Å²) in [5, 5.41) is 0. The molecule has 1 amide bonds. The van der Waals surface area contributed by atoms with E-state index in [2.05, 4.69) is 4.99 Å². The van der Waals surface area contributed by atoms with E-state index in [9.17, 15) is 9.59 Å². The number of esters is 1.